The van der Waals surface area contributed by atoms with Gasteiger partial charge in [0.1, 0.15) is 0 Å². The number of hydrogen-bond donors (Lipinski definition) is 0. The lowest BCUT2D eigenvalue weighted by Gasteiger charge is -2.27. The third-order valence-corrected chi connectivity index (χ3v) is 2.45. The number of hydrogen-bond acceptors (Lipinski definition) is 3. The van der Waals surface area contributed by atoms with Gasteiger partial charge in [0.05, 0.1) is 6.07 Å². The van der Waals surface area contributed by atoms with Gasteiger partial charge < -0.3 is 4.90 Å². The summed E-state index contributed by atoms with van der Waals surface area (Å²) in [5.74, 6) is -1.77. The number of nitriles is 1. The maximum Gasteiger partial charge on any atom is 0.247 e. The van der Waals surface area contributed by atoms with Gasteiger partial charge in [-0.3, -0.25) is 9.59 Å². The van der Waals surface area contributed by atoms with Crippen molar-refractivity contribution in [1.29, 1.82) is 5.26 Å². The number of carbonyl (C=O) groups excluding carboxylic acids is 2. The van der Waals surface area contributed by atoms with E-state index < -0.39 is 5.92 Å². The Morgan fingerprint density at radius 2 is 1.86 bits per heavy atom. The van der Waals surface area contributed by atoms with Gasteiger partial charge in [0.2, 0.25) is 5.91 Å². The van der Waals surface area contributed by atoms with E-state index in [1.54, 1.807) is 11.0 Å². The number of nitrogens with zero attached hydrogens (tertiary/aromatic N) is 2. The zero-order chi connectivity index (χ0) is 10.6. The van der Waals surface area contributed by atoms with Crippen LogP contribution in [0.25, 0.3) is 0 Å². The van der Waals surface area contributed by atoms with Crippen molar-refractivity contribution in [3.63, 3.8) is 0 Å². The van der Waals surface area contributed by atoms with E-state index in [0.717, 1.165) is 19.3 Å². The van der Waals surface area contributed by atoms with Gasteiger partial charge >= 0.3 is 0 Å². The zero-order valence-corrected chi connectivity index (χ0v) is 8.32. The van der Waals surface area contributed by atoms with Crippen molar-refractivity contribution >= 4 is 11.7 Å². The smallest absolute Gasteiger partial charge is 0.247 e. The number of Topliss-reactive ketones (excluding diaryl/α,β-unsaturated/α-hetero) is 1. The molecule has 14 heavy (non-hydrogen) atoms. The van der Waals surface area contributed by atoms with Crippen molar-refractivity contribution < 1.29 is 9.59 Å². The molecule has 1 unspecified atom stereocenters. The van der Waals surface area contributed by atoms with Crippen LogP contribution in [0.3, 0.4) is 0 Å². The third-order valence-electron chi connectivity index (χ3n) is 2.45. The second kappa shape index (κ2) is 4.75. The monoisotopic (exact) mass is 194 g/mol. The van der Waals surface area contributed by atoms with Crippen LogP contribution < -0.4 is 0 Å². The van der Waals surface area contributed by atoms with Crippen LogP contribution in [0.5, 0.6) is 0 Å². The summed E-state index contributed by atoms with van der Waals surface area (Å²) in [5, 5.41) is 8.68. The number of piperidine rings is 1. The maximum absolute atomic E-state index is 11.7. The highest BCUT2D eigenvalue weighted by molar-refractivity contribution is 6.02. The molecule has 0 radical (unpaired) electrons. The topological polar surface area (TPSA) is 61.2 Å². The molecule has 1 heterocycles. The van der Waals surface area contributed by atoms with Gasteiger partial charge in [-0.25, -0.2) is 0 Å². The summed E-state index contributed by atoms with van der Waals surface area (Å²) in [6.07, 6.45) is 3.07. The highest BCUT2D eigenvalue weighted by Crippen LogP contribution is 2.12. The van der Waals surface area contributed by atoms with Crippen LogP contribution >= 0.6 is 0 Å². The lowest BCUT2D eigenvalue weighted by molar-refractivity contribution is -0.139. The molecule has 0 aromatic carbocycles. The van der Waals surface area contributed by atoms with Crippen molar-refractivity contribution in [3.05, 3.63) is 0 Å². The third kappa shape index (κ3) is 2.32. The molecule has 1 atom stereocenters. The molecule has 0 aliphatic carbocycles. The molecule has 0 spiro atoms. The molecule has 1 rings (SSSR count). The van der Waals surface area contributed by atoms with E-state index in [1.807, 2.05) is 0 Å². The molecular weight excluding hydrogens is 180 g/mol. The molecule has 1 fully saturated rings. The van der Waals surface area contributed by atoms with Crippen molar-refractivity contribution in [2.45, 2.75) is 26.2 Å². The fourth-order valence-electron chi connectivity index (χ4n) is 1.62. The lowest BCUT2D eigenvalue weighted by atomic mass is 10.0. The summed E-state index contributed by atoms with van der Waals surface area (Å²) < 4.78 is 0. The quantitative estimate of drug-likeness (QED) is 0.609. The molecule has 1 saturated heterocycles. The van der Waals surface area contributed by atoms with Crippen LogP contribution in [-0.4, -0.2) is 29.7 Å². The Kier molecular flexibility index (Phi) is 3.63. The average Bonchev–Trinajstić information content (AvgIpc) is 2.19. The SMILES string of the molecule is CC(=O)C(C#N)C(=O)N1CCCCC1. The van der Waals surface area contributed by atoms with E-state index in [1.165, 1.54) is 6.92 Å². The van der Waals surface area contributed by atoms with Gasteiger partial charge in [0, 0.05) is 13.1 Å². The summed E-state index contributed by atoms with van der Waals surface area (Å²) >= 11 is 0. The van der Waals surface area contributed by atoms with E-state index in [2.05, 4.69) is 0 Å². The molecule has 76 valence electrons. The van der Waals surface area contributed by atoms with Crippen LogP contribution in [-0.2, 0) is 9.59 Å². The Hall–Kier alpha value is -1.37. The summed E-state index contributed by atoms with van der Waals surface area (Å²) in [6.45, 7) is 2.66. The molecule has 0 aromatic heterocycles. The van der Waals surface area contributed by atoms with Crippen LogP contribution in [0.4, 0.5) is 0 Å². The molecule has 4 heteroatoms. The highest BCUT2D eigenvalue weighted by atomic mass is 16.2. The minimum Gasteiger partial charge on any atom is -0.341 e. The van der Waals surface area contributed by atoms with Gasteiger partial charge in [0.25, 0.3) is 0 Å². The first-order chi connectivity index (χ1) is 6.66. The van der Waals surface area contributed by atoms with E-state index >= 15 is 0 Å². The molecule has 1 amide bonds. The van der Waals surface area contributed by atoms with Crippen molar-refractivity contribution in [3.8, 4) is 6.07 Å². The number of amides is 1. The largest absolute Gasteiger partial charge is 0.341 e. The van der Waals surface area contributed by atoms with Crippen LogP contribution in [0, 0.1) is 17.2 Å². The molecule has 1 aliphatic heterocycles. The van der Waals surface area contributed by atoms with Crippen LogP contribution in [0.2, 0.25) is 0 Å². The first-order valence-electron chi connectivity index (χ1n) is 4.85. The van der Waals surface area contributed by atoms with Crippen molar-refractivity contribution in [2.75, 3.05) is 13.1 Å². The molecule has 1 aliphatic rings. The molecule has 0 aromatic rings. The Morgan fingerprint density at radius 1 is 1.29 bits per heavy atom. The summed E-state index contributed by atoms with van der Waals surface area (Å²) in [7, 11) is 0. The Bertz CT molecular complexity index is 274. The molecule has 0 saturated carbocycles. The zero-order valence-electron chi connectivity index (χ0n) is 8.32. The minimum atomic E-state index is -1.09. The van der Waals surface area contributed by atoms with Crippen LogP contribution in [0.15, 0.2) is 0 Å². The number of ketones is 1. The summed E-state index contributed by atoms with van der Waals surface area (Å²) in [5.41, 5.74) is 0. The second-order valence-corrected chi connectivity index (χ2v) is 3.56. The Morgan fingerprint density at radius 3 is 2.29 bits per heavy atom. The predicted molar refractivity (Wildman–Crippen MR) is 50.2 cm³/mol. The predicted octanol–water partition coefficient (Wildman–Crippen LogP) is 0.728. The second-order valence-electron chi connectivity index (χ2n) is 3.56. The highest BCUT2D eigenvalue weighted by Gasteiger charge is 2.28. The number of rotatable bonds is 2. The average molecular weight is 194 g/mol. The summed E-state index contributed by atoms with van der Waals surface area (Å²) in [6, 6.07) is 1.76. The van der Waals surface area contributed by atoms with E-state index in [0.29, 0.717) is 13.1 Å². The molecule has 0 bridgehead atoms. The van der Waals surface area contributed by atoms with Gasteiger partial charge in [-0.05, 0) is 26.2 Å². The van der Waals surface area contributed by atoms with E-state index in [-0.39, 0.29) is 11.7 Å². The standard InChI is InChI=1S/C10H14N2O2/c1-8(13)9(7-11)10(14)12-5-3-2-4-6-12/h9H,2-6H2,1H3. The van der Waals surface area contributed by atoms with Gasteiger partial charge in [-0.1, -0.05) is 0 Å². The van der Waals surface area contributed by atoms with E-state index in [9.17, 15) is 9.59 Å². The maximum atomic E-state index is 11.7. The first kappa shape index (κ1) is 10.7. The lowest BCUT2D eigenvalue weighted by Crippen LogP contribution is -2.41. The van der Waals surface area contributed by atoms with Crippen LogP contribution in [0.1, 0.15) is 26.2 Å². The molecule has 0 N–H and O–H groups in total. The Labute approximate surface area is 83.5 Å². The van der Waals surface area contributed by atoms with Gasteiger partial charge in [0.15, 0.2) is 11.7 Å². The number of carbonyl (C=O) groups is 2. The van der Waals surface area contributed by atoms with Crippen molar-refractivity contribution in [1.82, 2.24) is 4.90 Å². The van der Waals surface area contributed by atoms with E-state index in [4.69, 9.17) is 5.26 Å². The molecule has 4 nitrogen and oxygen atoms in total. The summed E-state index contributed by atoms with van der Waals surface area (Å²) in [4.78, 5) is 24.3. The Balaban J connectivity index is 2.62. The van der Waals surface area contributed by atoms with Crippen molar-refractivity contribution in [2.24, 2.45) is 5.92 Å². The molecular formula is C10H14N2O2. The fourth-order valence-corrected chi connectivity index (χ4v) is 1.62. The van der Waals surface area contributed by atoms with Gasteiger partial charge in [-0.15, -0.1) is 0 Å². The minimum absolute atomic E-state index is 0.320. The van der Waals surface area contributed by atoms with Gasteiger partial charge in [-0.2, -0.15) is 5.26 Å². The fraction of sp³-hybridized carbons (Fsp3) is 0.700. The normalized spacial score (nSPS) is 18.4. The first-order valence-corrected chi connectivity index (χ1v) is 4.85. The number of likely N-dealkylation sites (tertiary alicyclic amines) is 1.